The summed E-state index contributed by atoms with van der Waals surface area (Å²) in [6.07, 6.45) is 3.41. The molecular formula is C25H26N6O2. The average Bonchev–Trinajstić information content (AvgIpc) is 3.43. The highest BCUT2D eigenvalue weighted by Gasteiger charge is 2.31. The van der Waals surface area contributed by atoms with Crippen molar-refractivity contribution in [3.05, 3.63) is 71.4 Å². The molecule has 8 heteroatoms. The molecule has 0 spiro atoms. The summed E-state index contributed by atoms with van der Waals surface area (Å²) < 4.78 is 3.26. The highest BCUT2D eigenvalue weighted by molar-refractivity contribution is 5.84. The van der Waals surface area contributed by atoms with E-state index in [-0.39, 0.29) is 23.5 Å². The number of aromatic nitrogens is 4. The number of anilines is 1. The zero-order valence-corrected chi connectivity index (χ0v) is 18.5. The minimum Gasteiger partial charge on any atom is -0.382 e. The van der Waals surface area contributed by atoms with E-state index >= 15 is 0 Å². The summed E-state index contributed by atoms with van der Waals surface area (Å²) in [7, 11) is 0. The number of fused-ring (bicyclic) bond motifs is 1. The first-order valence-electron chi connectivity index (χ1n) is 11.3. The number of carbonyl (C=O) groups excluding carboxylic acids is 1. The Morgan fingerprint density at radius 2 is 1.79 bits per heavy atom. The third-order valence-electron chi connectivity index (χ3n) is 6.26. The van der Waals surface area contributed by atoms with Crippen LogP contribution < -0.4 is 11.4 Å². The number of likely N-dealkylation sites (tertiary alicyclic amines) is 1. The molecule has 8 nitrogen and oxygen atoms in total. The van der Waals surface area contributed by atoms with Crippen molar-refractivity contribution in [3.63, 3.8) is 0 Å². The van der Waals surface area contributed by atoms with Crippen molar-refractivity contribution in [2.24, 2.45) is 0 Å². The lowest BCUT2D eigenvalue weighted by Gasteiger charge is -2.16. The predicted molar refractivity (Wildman–Crippen MR) is 128 cm³/mol. The second kappa shape index (κ2) is 8.54. The molecule has 1 atom stereocenters. The van der Waals surface area contributed by atoms with E-state index in [9.17, 15) is 9.59 Å². The molecule has 1 fully saturated rings. The van der Waals surface area contributed by atoms with E-state index in [0.717, 1.165) is 17.5 Å². The molecule has 1 aliphatic heterocycles. The van der Waals surface area contributed by atoms with Gasteiger partial charge in [0.15, 0.2) is 11.5 Å². The number of hydrogen-bond donors (Lipinski definition) is 1. The monoisotopic (exact) mass is 442 g/mol. The summed E-state index contributed by atoms with van der Waals surface area (Å²) in [5.74, 6) is 0.377. The van der Waals surface area contributed by atoms with Crippen LogP contribution in [-0.2, 0) is 4.79 Å². The molecule has 1 amide bonds. The first-order valence-corrected chi connectivity index (χ1v) is 11.3. The number of nitrogens with zero attached hydrogens (tertiary/aromatic N) is 5. The van der Waals surface area contributed by atoms with Gasteiger partial charge in [-0.1, -0.05) is 49.4 Å². The second-order valence-corrected chi connectivity index (χ2v) is 8.36. The Balaban J connectivity index is 1.58. The predicted octanol–water partition coefficient (Wildman–Crippen LogP) is 3.40. The van der Waals surface area contributed by atoms with Crippen LogP contribution in [0.3, 0.4) is 0 Å². The topological polar surface area (TPSA) is 99.0 Å². The summed E-state index contributed by atoms with van der Waals surface area (Å²) in [6.45, 7) is 3.12. The first-order chi connectivity index (χ1) is 16.1. The number of benzene rings is 2. The zero-order chi connectivity index (χ0) is 22.9. The fraction of sp³-hybridized carbons (Fsp3) is 0.280. The fourth-order valence-corrected chi connectivity index (χ4v) is 4.62. The fourth-order valence-electron chi connectivity index (χ4n) is 4.62. The molecule has 2 aromatic carbocycles. The number of carbonyl (C=O) groups is 1. The Morgan fingerprint density at radius 3 is 2.52 bits per heavy atom. The van der Waals surface area contributed by atoms with Crippen molar-refractivity contribution in [2.75, 3.05) is 18.8 Å². The SMILES string of the molecule is CCCC(=O)N1CC[C@@H](n2c(=O)n(-c3ccc(-c4ccccc4)cc3)c3c(N)ncnc32)C1. The third kappa shape index (κ3) is 3.67. The van der Waals surface area contributed by atoms with Crippen LogP contribution in [0.5, 0.6) is 0 Å². The molecule has 0 radical (unpaired) electrons. The Bertz CT molecular complexity index is 1360. The molecular weight excluding hydrogens is 416 g/mol. The van der Waals surface area contributed by atoms with Crippen LogP contribution in [0.4, 0.5) is 5.82 Å². The molecule has 4 aromatic rings. The van der Waals surface area contributed by atoms with Crippen molar-refractivity contribution in [2.45, 2.75) is 32.2 Å². The Labute approximate surface area is 191 Å². The standard InChI is InChI=1S/C25H26N6O2/c1-2-6-21(32)29-14-13-20(15-29)31-24-22(23(26)27-16-28-24)30(25(31)33)19-11-9-18(10-12-19)17-7-4-3-5-8-17/h3-5,7-12,16,20H,2,6,13-15H2,1H3,(H2,26,27,28)/t20-/m1/s1. The minimum absolute atomic E-state index is 0.127. The summed E-state index contributed by atoms with van der Waals surface area (Å²) in [4.78, 5) is 36.5. The maximum atomic E-state index is 13.7. The van der Waals surface area contributed by atoms with Gasteiger partial charge in [-0.15, -0.1) is 0 Å². The second-order valence-electron chi connectivity index (χ2n) is 8.36. The molecule has 5 rings (SSSR count). The van der Waals surface area contributed by atoms with Gasteiger partial charge < -0.3 is 10.6 Å². The van der Waals surface area contributed by atoms with Crippen molar-refractivity contribution in [1.82, 2.24) is 24.0 Å². The third-order valence-corrected chi connectivity index (χ3v) is 6.26. The number of nitrogen functional groups attached to an aromatic ring is 1. The average molecular weight is 443 g/mol. The van der Waals surface area contributed by atoms with Crippen LogP contribution in [-0.4, -0.2) is 43.0 Å². The van der Waals surface area contributed by atoms with Gasteiger partial charge in [0, 0.05) is 19.5 Å². The van der Waals surface area contributed by atoms with Crippen LogP contribution in [0.25, 0.3) is 28.0 Å². The lowest BCUT2D eigenvalue weighted by Crippen LogP contribution is -2.31. The molecule has 2 aromatic heterocycles. The van der Waals surface area contributed by atoms with E-state index in [1.54, 1.807) is 9.13 Å². The van der Waals surface area contributed by atoms with Crippen molar-refractivity contribution >= 4 is 22.9 Å². The molecule has 3 heterocycles. The molecule has 2 N–H and O–H groups in total. The van der Waals surface area contributed by atoms with Crippen LogP contribution in [0.15, 0.2) is 65.7 Å². The number of hydrogen-bond acceptors (Lipinski definition) is 5. The number of imidazole rings is 1. The minimum atomic E-state index is -0.223. The van der Waals surface area contributed by atoms with Crippen LogP contribution in [0, 0.1) is 0 Å². The normalized spacial score (nSPS) is 15.9. The van der Waals surface area contributed by atoms with Gasteiger partial charge in [-0.05, 0) is 36.1 Å². The first kappa shape index (κ1) is 20.9. The smallest absolute Gasteiger partial charge is 0.335 e. The van der Waals surface area contributed by atoms with Crippen LogP contribution in [0.2, 0.25) is 0 Å². The largest absolute Gasteiger partial charge is 0.382 e. The van der Waals surface area contributed by atoms with Gasteiger partial charge in [-0.25, -0.2) is 14.8 Å². The Hall–Kier alpha value is -3.94. The number of amides is 1. The van der Waals surface area contributed by atoms with Crippen molar-refractivity contribution in [3.8, 4) is 16.8 Å². The highest BCUT2D eigenvalue weighted by atomic mass is 16.2. The van der Waals surface area contributed by atoms with E-state index in [1.165, 1.54) is 6.33 Å². The Morgan fingerprint density at radius 1 is 1.06 bits per heavy atom. The van der Waals surface area contributed by atoms with Gasteiger partial charge in [-0.2, -0.15) is 0 Å². The highest BCUT2D eigenvalue weighted by Crippen LogP contribution is 2.28. The molecule has 33 heavy (non-hydrogen) atoms. The maximum Gasteiger partial charge on any atom is 0.335 e. The summed E-state index contributed by atoms with van der Waals surface area (Å²) in [5.41, 5.74) is 9.84. The molecule has 1 saturated heterocycles. The molecule has 0 aliphatic carbocycles. The van der Waals surface area contributed by atoms with E-state index in [1.807, 2.05) is 66.4 Å². The van der Waals surface area contributed by atoms with E-state index < -0.39 is 0 Å². The van der Waals surface area contributed by atoms with E-state index in [0.29, 0.717) is 42.8 Å². The molecule has 0 unspecified atom stereocenters. The summed E-state index contributed by atoms with van der Waals surface area (Å²) in [5, 5.41) is 0. The van der Waals surface area contributed by atoms with Gasteiger partial charge in [0.2, 0.25) is 5.91 Å². The van der Waals surface area contributed by atoms with Crippen molar-refractivity contribution in [1.29, 1.82) is 0 Å². The van der Waals surface area contributed by atoms with E-state index in [4.69, 9.17) is 5.73 Å². The van der Waals surface area contributed by atoms with E-state index in [2.05, 4.69) is 9.97 Å². The van der Waals surface area contributed by atoms with Gasteiger partial charge in [0.1, 0.15) is 11.8 Å². The van der Waals surface area contributed by atoms with Gasteiger partial charge in [0.25, 0.3) is 0 Å². The molecule has 168 valence electrons. The lowest BCUT2D eigenvalue weighted by molar-refractivity contribution is -0.130. The van der Waals surface area contributed by atoms with Gasteiger partial charge >= 0.3 is 5.69 Å². The zero-order valence-electron chi connectivity index (χ0n) is 18.5. The van der Waals surface area contributed by atoms with Crippen molar-refractivity contribution < 1.29 is 4.79 Å². The summed E-state index contributed by atoms with van der Waals surface area (Å²) in [6, 6.07) is 17.7. The van der Waals surface area contributed by atoms with Gasteiger partial charge in [0.05, 0.1) is 11.7 Å². The molecule has 1 aliphatic rings. The van der Waals surface area contributed by atoms with Crippen LogP contribution >= 0.6 is 0 Å². The molecule has 0 bridgehead atoms. The quantitative estimate of drug-likeness (QED) is 0.511. The number of nitrogens with two attached hydrogens (primary N) is 1. The Kier molecular flexibility index (Phi) is 5.42. The van der Waals surface area contributed by atoms with Crippen LogP contribution in [0.1, 0.15) is 32.2 Å². The molecule has 0 saturated carbocycles. The summed E-state index contributed by atoms with van der Waals surface area (Å²) >= 11 is 0. The maximum absolute atomic E-state index is 13.7. The lowest BCUT2D eigenvalue weighted by atomic mass is 10.1. The number of rotatable bonds is 5. The van der Waals surface area contributed by atoms with Gasteiger partial charge in [-0.3, -0.25) is 13.9 Å².